The van der Waals surface area contributed by atoms with Gasteiger partial charge in [0.25, 0.3) is 0 Å². The molecule has 28 heavy (non-hydrogen) atoms. The van der Waals surface area contributed by atoms with Gasteiger partial charge in [0.2, 0.25) is 0 Å². The van der Waals surface area contributed by atoms with E-state index in [9.17, 15) is 0 Å². The molecule has 142 valence electrons. The fraction of sp³-hybridized carbons (Fsp3) is 0.208. The first kappa shape index (κ1) is 19.0. The molecule has 0 atom stereocenters. The van der Waals surface area contributed by atoms with E-state index < -0.39 is 0 Å². The van der Waals surface area contributed by atoms with Crippen molar-refractivity contribution < 1.29 is 0 Å². The molecule has 0 spiro atoms. The molecule has 0 saturated heterocycles. The van der Waals surface area contributed by atoms with Crippen LogP contribution in [0.3, 0.4) is 0 Å². The molecule has 0 fully saturated rings. The average Bonchev–Trinajstić information content (AvgIpc) is 3.06. The summed E-state index contributed by atoms with van der Waals surface area (Å²) in [6.07, 6.45) is 1.96. The van der Waals surface area contributed by atoms with Crippen LogP contribution in [-0.4, -0.2) is 23.5 Å². The lowest BCUT2D eigenvalue weighted by Gasteiger charge is -2.32. The van der Waals surface area contributed by atoms with E-state index >= 15 is 0 Å². The highest BCUT2D eigenvalue weighted by Crippen LogP contribution is 2.40. The fourth-order valence-corrected chi connectivity index (χ4v) is 4.46. The Morgan fingerprint density at radius 3 is 1.46 bits per heavy atom. The molecule has 0 unspecified atom stereocenters. The molecule has 0 bridgehead atoms. The highest BCUT2D eigenvalue weighted by molar-refractivity contribution is 8.11. The van der Waals surface area contributed by atoms with E-state index in [1.54, 1.807) is 0 Å². The third-order valence-electron chi connectivity index (χ3n) is 5.28. The lowest BCUT2D eigenvalue weighted by atomic mass is 10.1. The van der Waals surface area contributed by atoms with Gasteiger partial charge < -0.3 is 9.80 Å². The van der Waals surface area contributed by atoms with Gasteiger partial charge in [0, 0.05) is 13.1 Å². The summed E-state index contributed by atoms with van der Waals surface area (Å²) < 4.78 is 0.720. The minimum Gasteiger partial charge on any atom is -0.344 e. The van der Waals surface area contributed by atoms with Crippen molar-refractivity contribution in [1.82, 2.24) is 0 Å². The average molecular weight is 405 g/mol. The molecule has 0 N–H and O–H groups in total. The number of hydrogen-bond acceptors (Lipinski definition) is 3. The Balaban J connectivity index is 1.58. The Labute approximate surface area is 178 Å². The van der Waals surface area contributed by atoms with Crippen LogP contribution in [0.5, 0.6) is 0 Å². The Morgan fingerprint density at radius 2 is 1.07 bits per heavy atom. The Morgan fingerprint density at radius 1 is 0.679 bits per heavy atom. The van der Waals surface area contributed by atoms with Crippen LogP contribution in [-0.2, 0) is 12.8 Å². The summed E-state index contributed by atoms with van der Waals surface area (Å²) in [7, 11) is 0. The number of anilines is 2. The van der Waals surface area contributed by atoms with E-state index in [0.29, 0.717) is 0 Å². The van der Waals surface area contributed by atoms with Gasteiger partial charge in [-0.15, -0.1) is 12.6 Å². The Bertz CT molecular complexity index is 857. The van der Waals surface area contributed by atoms with Gasteiger partial charge in [-0.25, -0.2) is 0 Å². The number of hydrogen-bond donors (Lipinski definition) is 1. The van der Waals surface area contributed by atoms with Gasteiger partial charge in [-0.05, 0) is 36.1 Å². The van der Waals surface area contributed by atoms with Crippen molar-refractivity contribution in [3.05, 3.63) is 96.1 Å². The monoisotopic (exact) mass is 404 g/mol. The zero-order valence-corrected chi connectivity index (χ0v) is 17.4. The predicted molar refractivity (Wildman–Crippen MR) is 127 cm³/mol. The number of thiocarbonyl (C=S) groups is 1. The highest BCUT2D eigenvalue weighted by atomic mass is 32.1. The summed E-state index contributed by atoms with van der Waals surface area (Å²) in [5.41, 5.74) is 5.17. The van der Waals surface area contributed by atoms with Crippen LogP contribution in [0.2, 0.25) is 0 Å². The quantitative estimate of drug-likeness (QED) is 0.417. The third-order valence-corrected chi connectivity index (χ3v) is 5.72. The van der Waals surface area contributed by atoms with Gasteiger partial charge >= 0.3 is 0 Å². The van der Waals surface area contributed by atoms with E-state index in [1.807, 2.05) is 0 Å². The molecule has 0 saturated carbocycles. The zero-order chi connectivity index (χ0) is 19.3. The third kappa shape index (κ3) is 4.08. The second kappa shape index (κ2) is 8.80. The molecule has 4 rings (SSSR count). The van der Waals surface area contributed by atoms with Crippen LogP contribution in [0, 0.1) is 0 Å². The van der Waals surface area contributed by atoms with Gasteiger partial charge in [0.1, 0.15) is 6.17 Å². The van der Waals surface area contributed by atoms with Gasteiger partial charge in [-0.2, -0.15) is 0 Å². The fourth-order valence-electron chi connectivity index (χ4n) is 3.92. The molecule has 1 aliphatic heterocycles. The van der Waals surface area contributed by atoms with Crippen molar-refractivity contribution >= 4 is 40.4 Å². The smallest absolute Gasteiger partial charge is 0.144 e. The largest absolute Gasteiger partial charge is 0.344 e. The lowest BCUT2D eigenvalue weighted by molar-refractivity contribution is 0.693. The molecule has 0 radical (unpaired) electrons. The van der Waals surface area contributed by atoms with E-state index in [0.717, 1.165) is 30.1 Å². The minimum absolute atomic E-state index is 0.00292. The molecule has 1 aliphatic rings. The number of fused-ring (bicyclic) bond motifs is 1. The number of para-hydroxylation sites is 2. The summed E-state index contributed by atoms with van der Waals surface area (Å²) in [5, 5.41) is 0. The second-order valence-corrected chi connectivity index (χ2v) is 8.28. The zero-order valence-electron chi connectivity index (χ0n) is 15.7. The molecule has 1 heterocycles. The van der Waals surface area contributed by atoms with Crippen LogP contribution in [0.25, 0.3) is 0 Å². The van der Waals surface area contributed by atoms with Crippen molar-refractivity contribution in [3.8, 4) is 0 Å². The van der Waals surface area contributed by atoms with Gasteiger partial charge in [-0.1, -0.05) is 85.0 Å². The topological polar surface area (TPSA) is 6.48 Å². The summed E-state index contributed by atoms with van der Waals surface area (Å²) in [6.45, 7) is 1.82. The number of nitrogens with zero attached hydrogens (tertiary/aromatic N) is 2. The standard InChI is InChI=1S/C24H24N2S2/c27-24(28)23-25(17-15-19-9-3-1-4-10-19)21-13-7-8-14-22(21)26(23)18-16-20-11-5-2-6-12-20/h1-14,23H,15-18H2,(H,27,28). The van der Waals surface area contributed by atoms with E-state index in [4.69, 9.17) is 12.2 Å². The van der Waals surface area contributed by atoms with Crippen LogP contribution in [0.1, 0.15) is 11.1 Å². The summed E-state index contributed by atoms with van der Waals surface area (Å²) >= 11 is 10.2. The molecule has 0 amide bonds. The van der Waals surface area contributed by atoms with Crippen molar-refractivity contribution in [2.45, 2.75) is 19.0 Å². The first-order chi connectivity index (χ1) is 13.7. The summed E-state index contributed by atoms with van der Waals surface area (Å²) in [6, 6.07) is 29.8. The molecule has 3 aromatic rings. The number of rotatable bonds is 7. The Hall–Kier alpha value is -2.30. The van der Waals surface area contributed by atoms with Crippen LogP contribution in [0.4, 0.5) is 11.4 Å². The normalized spacial score (nSPS) is 13.6. The van der Waals surface area contributed by atoms with Crippen molar-refractivity contribution in [3.63, 3.8) is 0 Å². The van der Waals surface area contributed by atoms with Gasteiger partial charge in [0.05, 0.1) is 15.6 Å². The molecule has 4 heteroatoms. The molecule has 3 aromatic carbocycles. The van der Waals surface area contributed by atoms with Crippen molar-refractivity contribution in [1.29, 1.82) is 0 Å². The highest BCUT2D eigenvalue weighted by Gasteiger charge is 2.36. The lowest BCUT2D eigenvalue weighted by Crippen LogP contribution is -2.48. The summed E-state index contributed by atoms with van der Waals surface area (Å²) in [5.74, 6) is 0. The van der Waals surface area contributed by atoms with Gasteiger partial charge in [-0.3, -0.25) is 0 Å². The molecule has 0 aromatic heterocycles. The molecular weight excluding hydrogens is 380 g/mol. The SMILES string of the molecule is S=C(S)C1N(CCc2ccccc2)c2ccccc2N1CCc1ccccc1. The first-order valence-corrected chi connectivity index (χ1v) is 10.5. The van der Waals surface area contributed by atoms with Crippen LogP contribution >= 0.6 is 24.8 Å². The number of benzene rings is 3. The Kier molecular flexibility index (Phi) is 5.98. The van der Waals surface area contributed by atoms with E-state index in [-0.39, 0.29) is 6.17 Å². The van der Waals surface area contributed by atoms with Crippen molar-refractivity contribution in [2.24, 2.45) is 0 Å². The van der Waals surface area contributed by atoms with Crippen LogP contribution in [0.15, 0.2) is 84.9 Å². The van der Waals surface area contributed by atoms with E-state index in [1.165, 1.54) is 22.5 Å². The van der Waals surface area contributed by atoms with Crippen LogP contribution < -0.4 is 9.80 Å². The summed E-state index contributed by atoms with van der Waals surface area (Å²) in [4.78, 5) is 4.81. The minimum atomic E-state index is 0.00292. The first-order valence-electron chi connectivity index (χ1n) is 9.67. The second-order valence-electron chi connectivity index (χ2n) is 7.06. The maximum absolute atomic E-state index is 5.60. The molecule has 2 nitrogen and oxygen atoms in total. The van der Waals surface area contributed by atoms with Crippen molar-refractivity contribution in [2.75, 3.05) is 22.9 Å². The predicted octanol–water partition coefficient (Wildman–Crippen LogP) is 5.38. The number of thiol groups is 1. The van der Waals surface area contributed by atoms with Gasteiger partial charge in [0.15, 0.2) is 0 Å². The maximum Gasteiger partial charge on any atom is 0.144 e. The van der Waals surface area contributed by atoms with E-state index in [2.05, 4.69) is 107 Å². The molecular formula is C24H24N2S2. The maximum atomic E-state index is 5.60. The molecule has 0 aliphatic carbocycles.